The molecule has 1 fully saturated rings. The van der Waals surface area contributed by atoms with Crippen molar-refractivity contribution in [2.45, 2.75) is 46.1 Å². The van der Waals surface area contributed by atoms with Crippen molar-refractivity contribution >= 4 is 11.6 Å². The van der Waals surface area contributed by atoms with Crippen molar-refractivity contribution in [3.8, 4) is 5.75 Å². The molecule has 4 heteroatoms. The third-order valence-corrected chi connectivity index (χ3v) is 5.59. The minimum atomic E-state index is 0.211. The highest BCUT2D eigenvalue weighted by atomic mass is 16.5. The van der Waals surface area contributed by atoms with Gasteiger partial charge in [0, 0.05) is 37.8 Å². The number of carbonyl (C=O) groups is 1. The average molecular weight is 381 g/mol. The van der Waals surface area contributed by atoms with Gasteiger partial charge in [0.15, 0.2) is 0 Å². The SMILES string of the molecule is CCC(=O)N(c1ccccc1)C1CCN(CCOc2c(C)cccc2C)CC1. The van der Waals surface area contributed by atoms with E-state index in [-0.39, 0.29) is 11.9 Å². The van der Waals surface area contributed by atoms with Gasteiger partial charge in [0.1, 0.15) is 12.4 Å². The number of nitrogens with zero attached hydrogens (tertiary/aromatic N) is 2. The Balaban J connectivity index is 1.52. The van der Waals surface area contributed by atoms with Crippen LogP contribution in [0.4, 0.5) is 5.69 Å². The van der Waals surface area contributed by atoms with Crippen molar-refractivity contribution in [1.82, 2.24) is 4.90 Å². The predicted molar refractivity (Wildman–Crippen MR) is 115 cm³/mol. The summed E-state index contributed by atoms with van der Waals surface area (Å²) in [5, 5.41) is 0. The van der Waals surface area contributed by atoms with Gasteiger partial charge < -0.3 is 9.64 Å². The van der Waals surface area contributed by atoms with Crippen molar-refractivity contribution < 1.29 is 9.53 Å². The molecule has 150 valence electrons. The lowest BCUT2D eigenvalue weighted by Crippen LogP contribution is -2.48. The van der Waals surface area contributed by atoms with Gasteiger partial charge in [-0.3, -0.25) is 9.69 Å². The summed E-state index contributed by atoms with van der Waals surface area (Å²) in [5.74, 6) is 1.23. The van der Waals surface area contributed by atoms with Crippen LogP contribution in [-0.4, -0.2) is 43.1 Å². The highest BCUT2D eigenvalue weighted by molar-refractivity contribution is 5.93. The summed E-state index contributed by atoms with van der Waals surface area (Å²) in [6.07, 6.45) is 2.55. The van der Waals surface area contributed by atoms with Gasteiger partial charge in [-0.05, 0) is 49.9 Å². The number of para-hydroxylation sites is 2. The second-order valence-corrected chi connectivity index (χ2v) is 7.60. The number of carbonyl (C=O) groups excluding carboxylic acids is 1. The van der Waals surface area contributed by atoms with Crippen LogP contribution >= 0.6 is 0 Å². The van der Waals surface area contributed by atoms with Crippen LogP contribution < -0.4 is 9.64 Å². The van der Waals surface area contributed by atoms with E-state index < -0.39 is 0 Å². The first kappa shape index (κ1) is 20.4. The Hall–Kier alpha value is -2.33. The monoisotopic (exact) mass is 380 g/mol. The summed E-state index contributed by atoms with van der Waals surface area (Å²) in [5.41, 5.74) is 3.40. The summed E-state index contributed by atoms with van der Waals surface area (Å²) >= 11 is 0. The lowest BCUT2D eigenvalue weighted by molar-refractivity contribution is -0.119. The molecule has 0 aliphatic carbocycles. The Kier molecular flexibility index (Phi) is 7.10. The van der Waals surface area contributed by atoms with E-state index in [1.165, 1.54) is 11.1 Å². The number of piperidine rings is 1. The Labute approximate surface area is 169 Å². The number of amides is 1. The molecule has 2 aromatic rings. The number of likely N-dealkylation sites (tertiary alicyclic amines) is 1. The van der Waals surface area contributed by atoms with Crippen LogP contribution in [0, 0.1) is 13.8 Å². The fraction of sp³-hybridized carbons (Fsp3) is 0.458. The maximum atomic E-state index is 12.6. The molecule has 4 nitrogen and oxygen atoms in total. The van der Waals surface area contributed by atoms with Crippen molar-refractivity contribution in [2.24, 2.45) is 0 Å². The minimum absolute atomic E-state index is 0.211. The van der Waals surface area contributed by atoms with Crippen LogP contribution in [0.5, 0.6) is 5.75 Å². The van der Waals surface area contributed by atoms with Crippen molar-refractivity contribution in [3.05, 3.63) is 59.7 Å². The zero-order valence-electron chi connectivity index (χ0n) is 17.4. The summed E-state index contributed by atoms with van der Waals surface area (Å²) in [6, 6.07) is 16.6. The third kappa shape index (κ3) is 4.93. The molecule has 0 bridgehead atoms. The van der Waals surface area contributed by atoms with E-state index in [1.807, 2.05) is 42.2 Å². The van der Waals surface area contributed by atoms with Crippen molar-refractivity contribution in [1.29, 1.82) is 0 Å². The van der Waals surface area contributed by atoms with Gasteiger partial charge in [-0.15, -0.1) is 0 Å². The molecule has 1 aliphatic rings. The molecular weight excluding hydrogens is 348 g/mol. The number of hydrogen-bond acceptors (Lipinski definition) is 3. The molecule has 0 saturated carbocycles. The molecule has 0 atom stereocenters. The third-order valence-electron chi connectivity index (χ3n) is 5.59. The standard InChI is InChI=1S/C24H32N2O2/c1-4-23(27)26(21-11-6-5-7-12-21)22-13-15-25(16-14-22)17-18-28-24-19(2)9-8-10-20(24)3/h5-12,22H,4,13-18H2,1-3H3. The van der Waals surface area contributed by atoms with E-state index in [0.717, 1.165) is 43.9 Å². The van der Waals surface area contributed by atoms with E-state index in [2.05, 4.69) is 36.9 Å². The van der Waals surface area contributed by atoms with Gasteiger partial charge in [0.2, 0.25) is 5.91 Å². The van der Waals surface area contributed by atoms with E-state index in [9.17, 15) is 4.79 Å². The number of hydrogen-bond donors (Lipinski definition) is 0. The summed E-state index contributed by atoms with van der Waals surface area (Å²) < 4.78 is 6.06. The second-order valence-electron chi connectivity index (χ2n) is 7.60. The van der Waals surface area contributed by atoms with Crippen LogP contribution in [0.25, 0.3) is 0 Å². The molecule has 0 radical (unpaired) electrons. The molecule has 1 aliphatic heterocycles. The quantitative estimate of drug-likeness (QED) is 0.704. The van der Waals surface area contributed by atoms with Gasteiger partial charge in [-0.2, -0.15) is 0 Å². The van der Waals surface area contributed by atoms with E-state index >= 15 is 0 Å². The Morgan fingerprint density at radius 3 is 2.29 bits per heavy atom. The number of rotatable bonds is 7. The first-order valence-electron chi connectivity index (χ1n) is 10.4. The smallest absolute Gasteiger partial charge is 0.226 e. The highest BCUT2D eigenvalue weighted by Crippen LogP contribution is 2.25. The van der Waals surface area contributed by atoms with Crippen LogP contribution in [0.3, 0.4) is 0 Å². The molecular formula is C24H32N2O2. The first-order chi connectivity index (χ1) is 13.6. The molecule has 0 N–H and O–H groups in total. The predicted octanol–water partition coefficient (Wildman–Crippen LogP) is 4.59. The largest absolute Gasteiger partial charge is 0.492 e. The molecule has 28 heavy (non-hydrogen) atoms. The van der Waals surface area contributed by atoms with Crippen LogP contribution in [-0.2, 0) is 4.79 Å². The fourth-order valence-electron chi connectivity index (χ4n) is 4.02. The average Bonchev–Trinajstić information content (AvgIpc) is 2.72. The summed E-state index contributed by atoms with van der Waals surface area (Å²) in [4.78, 5) is 17.0. The molecule has 1 saturated heterocycles. The van der Waals surface area contributed by atoms with Crippen LogP contribution in [0.2, 0.25) is 0 Å². The summed E-state index contributed by atoms with van der Waals surface area (Å²) in [6.45, 7) is 9.76. The Morgan fingerprint density at radius 1 is 1.04 bits per heavy atom. The van der Waals surface area contributed by atoms with Crippen molar-refractivity contribution in [3.63, 3.8) is 0 Å². The molecule has 2 aromatic carbocycles. The lowest BCUT2D eigenvalue weighted by Gasteiger charge is -2.38. The highest BCUT2D eigenvalue weighted by Gasteiger charge is 2.28. The molecule has 0 unspecified atom stereocenters. The van der Waals surface area contributed by atoms with E-state index in [4.69, 9.17) is 4.74 Å². The lowest BCUT2D eigenvalue weighted by atomic mass is 10.0. The van der Waals surface area contributed by atoms with Gasteiger partial charge in [0.25, 0.3) is 0 Å². The van der Waals surface area contributed by atoms with Gasteiger partial charge >= 0.3 is 0 Å². The molecule has 0 spiro atoms. The molecule has 1 heterocycles. The molecule has 1 amide bonds. The summed E-state index contributed by atoms with van der Waals surface area (Å²) in [7, 11) is 0. The topological polar surface area (TPSA) is 32.8 Å². The number of benzene rings is 2. The Bertz CT molecular complexity index is 747. The normalized spacial score (nSPS) is 15.4. The fourth-order valence-corrected chi connectivity index (χ4v) is 4.02. The Morgan fingerprint density at radius 2 is 1.68 bits per heavy atom. The van der Waals surface area contributed by atoms with Gasteiger partial charge in [0.05, 0.1) is 0 Å². The maximum absolute atomic E-state index is 12.6. The van der Waals surface area contributed by atoms with E-state index in [0.29, 0.717) is 13.0 Å². The first-order valence-corrected chi connectivity index (χ1v) is 10.4. The molecule has 3 rings (SSSR count). The van der Waals surface area contributed by atoms with Crippen LogP contribution in [0.1, 0.15) is 37.3 Å². The molecule has 0 aromatic heterocycles. The second kappa shape index (κ2) is 9.74. The zero-order chi connectivity index (χ0) is 19.9. The van der Waals surface area contributed by atoms with Crippen molar-refractivity contribution in [2.75, 3.05) is 31.1 Å². The van der Waals surface area contributed by atoms with Crippen LogP contribution in [0.15, 0.2) is 48.5 Å². The zero-order valence-corrected chi connectivity index (χ0v) is 17.4. The number of anilines is 1. The van der Waals surface area contributed by atoms with Gasteiger partial charge in [-0.1, -0.05) is 43.3 Å². The maximum Gasteiger partial charge on any atom is 0.226 e. The van der Waals surface area contributed by atoms with E-state index in [1.54, 1.807) is 0 Å². The number of ether oxygens (including phenoxy) is 1. The minimum Gasteiger partial charge on any atom is -0.492 e. The van der Waals surface area contributed by atoms with Gasteiger partial charge in [-0.25, -0.2) is 0 Å². The number of aryl methyl sites for hydroxylation is 2.